The predicted molar refractivity (Wildman–Crippen MR) is 128 cm³/mol. The first-order valence-corrected chi connectivity index (χ1v) is 10.6. The van der Waals surface area contributed by atoms with Crippen molar-refractivity contribution in [2.24, 2.45) is 4.99 Å². The normalized spacial score (nSPS) is 11.8. The Labute approximate surface area is 187 Å². The number of rotatable bonds is 5. The van der Waals surface area contributed by atoms with Crippen molar-refractivity contribution in [3.05, 3.63) is 72.3 Å². The standard InChI is InChI=1S/C25H26N4O3/c1-4-29(5-2)24-20-16-18(27-25(30)26-17-10-13-19(31-3)14-11-17)12-15-22(20)32-23-9-7-6-8-21(23)28-24/h6-16H,4-5H2,1-3H3,(H2,26,27,30). The van der Waals surface area contributed by atoms with Crippen molar-refractivity contribution in [2.75, 3.05) is 30.8 Å². The number of aliphatic imine (C=N–C) groups is 1. The zero-order chi connectivity index (χ0) is 22.5. The van der Waals surface area contributed by atoms with E-state index in [1.807, 2.05) is 42.5 Å². The molecule has 0 aromatic heterocycles. The third kappa shape index (κ3) is 4.51. The lowest BCUT2D eigenvalue weighted by atomic mass is 10.1. The van der Waals surface area contributed by atoms with E-state index in [2.05, 4.69) is 29.4 Å². The smallest absolute Gasteiger partial charge is 0.323 e. The lowest BCUT2D eigenvalue weighted by Gasteiger charge is -2.23. The maximum Gasteiger partial charge on any atom is 0.323 e. The summed E-state index contributed by atoms with van der Waals surface area (Å²) in [5.41, 5.74) is 2.91. The van der Waals surface area contributed by atoms with Crippen LogP contribution in [-0.4, -0.2) is 37.0 Å². The number of carbonyl (C=O) groups is 1. The van der Waals surface area contributed by atoms with Crippen LogP contribution in [0.1, 0.15) is 19.4 Å². The van der Waals surface area contributed by atoms with Crippen LogP contribution in [0.4, 0.5) is 21.9 Å². The Morgan fingerprint density at radius 3 is 2.34 bits per heavy atom. The molecule has 0 radical (unpaired) electrons. The summed E-state index contributed by atoms with van der Waals surface area (Å²) in [4.78, 5) is 19.6. The average Bonchev–Trinajstić information content (AvgIpc) is 2.97. The van der Waals surface area contributed by atoms with Crippen molar-refractivity contribution < 1.29 is 14.3 Å². The Bertz CT molecular complexity index is 1140. The van der Waals surface area contributed by atoms with Gasteiger partial charge in [0.2, 0.25) is 0 Å². The third-order valence-corrected chi connectivity index (χ3v) is 5.20. The molecule has 1 heterocycles. The second kappa shape index (κ2) is 9.43. The van der Waals surface area contributed by atoms with Gasteiger partial charge in [-0.15, -0.1) is 0 Å². The van der Waals surface area contributed by atoms with Crippen LogP contribution in [0.5, 0.6) is 17.2 Å². The zero-order valence-corrected chi connectivity index (χ0v) is 18.4. The highest BCUT2D eigenvalue weighted by Gasteiger charge is 2.22. The highest BCUT2D eigenvalue weighted by atomic mass is 16.5. The largest absolute Gasteiger partial charge is 0.497 e. The van der Waals surface area contributed by atoms with E-state index >= 15 is 0 Å². The van der Waals surface area contributed by atoms with Gasteiger partial charge < -0.3 is 25.0 Å². The Morgan fingerprint density at radius 2 is 1.62 bits per heavy atom. The number of fused-ring (bicyclic) bond motifs is 2. The molecule has 0 bridgehead atoms. The molecule has 32 heavy (non-hydrogen) atoms. The first-order chi connectivity index (χ1) is 15.6. The minimum Gasteiger partial charge on any atom is -0.497 e. The van der Waals surface area contributed by atoms with Gasteiger partial charge >= 0.3 is 6.03 Å². The van der Waals surface area contributed by atoms with E-state index in [1.54, 1.807) is 31.4 Å². The van der Waals surface area contributed by atoms with Crippen LogP contribution in [0.25, 0.3) is 0 Å². The summed E-state index contributed by atoms with van der Waals surface area (Å²) < 4.78 is 11.3. The number of hydrogen-bond donors (Lipinski definition) is 2. The summed E-state index contributed by atoms with van der Waals surface area (Å²) in [6.45, 7) is 5.78. The number of amidine groups is 1. The van der Waals surface area contributed by atoms with Crippen LogP contribution in [0.2, 0.25) is 0 Å². The zero-order valence-electron chi connectivity index (χ0n) is 18.4. The molecule has 0 aliphatic carbocycles. The van der Waals surface area contributed by atoms with E-state index in [-0.39, 0.29) is 6.03 Å². The Kier molecular flexibility index (Phi) is 6.26. The van der Waals surface area contributed by atoms with E-state index in [0.717, 1.165) is 35.9 Å². The molecule has 2 N–H and O–H groups in total. The monoisotopic (exact) mass is 430 g/mol. The Hall–Kier alpha value is -4.00. The molecule has 0 saturated carbocycles. The van der Waals surface area contributed by atoms with E-state index in [1.165, 1.54) is 0 Å². The fraction of sp³-hybridized carbons (Fsp3) is 0.200. The second-order valence-electron chi connectivity index (χ2n) is 7.20. The molecule has 0 fully saturated rings. The Morgan fingerprint density at radius 1 is 0.938 bits per heavy atom. The number of amides is 2. The van der Waals surface area contributed by atoms with Crippen LogP contribution in [0.15, 0.2) is 71.7 Å². The van der Waals surface area contributed by atoms with E-state index in [0.29, 0.717) is 22.9 Å². The molecule has 3 aromatic rings. The van der Waals surface area contributed by atoms with Gasteiger partial charge in [-0.05, 0) is 68.4 Å². The van der Waals surface area contributed by atoms with Crippen LogP contribution in [-0.2, 0) is 0 Å². The number of nitrogens with one attached hydrogen (secondary N) is 2. The minimum atomic E-state index is -0.339. The summed E-state index contributed by atoms with van der Waals surface area (Å²) in [5.74, 6) is 2.94. The number of methoxy groups -OCH3 is 1. The highest BCUT2D eigenvalue weighted by Crippen LogP contribution is 2.38. The van der Waals surface area contributed by atoms with Crippen molar-refractivity contribution in [1.82, 2.24) is 4.90 Å². The van der Waals surface area contributed by atoms with Gasteiger partial charge in [-0.1, -0.05) is 12.1 Å². The summed E-state index contributed by atoms with van der Waals surface area (Å²) >= 11 is 0. The van der Waals surface area contributed by atoms with Crippen molar-refractivity contribution in [1.29, 1.82) is 0 Å². The van der Waals surface area contributed by atoms with Crippen molar-refractivity contribution in [2.45, 2.75) is 13.8 Å². The number of hydrogen-bond acceptors (Lipinski definition) is 5. The minimum absolute atomic E-state index is 0.339. The lowest BCUT2D eigenvalue weighted by Crippen LogP contribution is -2.31. The quantitative estimate of drug-likeness (QED) is 0.531. The molecule has 0 atom stereocenters. The molecule has 7 heteroatoms. The molecule has 4 rings (SSSR count). The fourth-order valence-electron chi connectivity index (χ4n) is 3.53. The number of para-hydroxylation sites is 2. The number of carbonyl (C=O) groups excluding carboxylic acids is 1. The maximum absolute atomic E-state index is 12.6. The van der Waals surface area contributed by atoms with Gasteiger partial charge in [0.15, 0.2) is 5.75 Å². The van der Waals surface area contributed by atoms with Gasteiger partial charge in [-0.3, -0.25) is 0 Å². The molecule has 1 aliphatic rings. The van der Waals surface area contributed by atoms with Crippen molar-refractivity contribution in [3.63, 3.8) is 0 Å². The highest BCUT2D eigenvalue weighted by molar-refractivity contribution is 6.06. The van der Waals surface area contributed by atoms with Crippen LogP contribution < -0.4 is 20.1 Å². The molecule has 7 nitrogen and oxygen atoms in total. The predicted octanol–water partition coefficient (Wildman–Crippen LogP) is 5.87. The van der Waals surface area contributed by atoms with Gasteiger partial charge in [0.1, 0.15) is 23.0 Å². The summed E-state index contributed by atoms with van der Waals surface area (Å²) in [6, 6.07) is 20.1. The molecule has 0 spiro atoms. The van der Waals surface area contributed by atoms with Gasteiger partial charge in [0.05, 0.1) is 12.7 Å². The van der Waals surface area contributed by atoms with Crippen LogP contribution in [0.3, 0.4) is 0 Å². The molecule has 2 amide bonds. The fourth-order valence-corrected chi connectivity index (χ4v) is 3.53. The lowest BCUT2D eigenvalue weighted by molar-refractivity contribution is 0.262. The van der Waals surface area contributed by atoms with Gasteiger partial charge in [0, 0.05) is 24.5 Å². The van der Waals surface area contributed by atoms with E-state index in [4.69, 9.17) is 14.5 Å². The third-order valence-electron chi connectivity index (χ3n) is 5.20. The molecule has 1 aliphatic heterocycles. The molecule has 3 aromatic carbocycles. The van der Waals surface area contributed by atoms with Gasteiger partial charge in [-0.25, -0.2) is 9.79 Å². The number of anilines is 2. The topological polar surface area (TPSA) is 75.2 Å². The van der Waals surface area contributed by atoms with E-state index < -0.39 is 0 Å². The van der Waals surface area contributed by atoms with Crippen molar-refractivity contribution >= 4 is 28.9 Å². The van der Waals surface area contributed by atoms with Gasteiger partial charge in [-0.2, -0.15) is 0 Å². The summed E-state index contributed by atoms with van der Waals surface area (Å²) in [7, 11) is 1.60. The second-order valence-corrected chi connectivity index (χ2v) is 7.20. The number of benzene rings is 3. The van der Waals surface area contributed by atoms with Crippen LogP contribution >= 0.6 is 0 Å². The van der Waals surface area contributed by atoms with Crippen molar-refractivity contribution in [3.8, 4) is 17.2 Å². The SMILES string of the molecule is CCN(CC)C1=Nc2ccccc2Oc2ccc(NC(=O)Nc3ccc(OC)cc3)cc21. The first kappa shape index (κ1) is 21.2. The molecule has 0 saturated heterocycles. The molecular weight excluding hydrogens is 404 g/mol. The van der Waals surface area contributed by atoms with E-state index in [9.17, 15) is 4.79 Å². The Balaban J connectivity index is 1.62. The number of ether oxygens (including phenoxy) is 2. The first-order valence-electron chi connectivity index (χ1n) is 10.6. The van der Waals surface area contributed by atoms with Crippen LogP contribution in [0, 0.1) is 0 Å². The van der Waals surface area contributed by atoms with Gasteiger partial charge in [0.25, 0.3) is 0 Å². The summed E-state index contributed by atoms with van der Waals surface area (Å²) in [5, 5.41) is 5.72. The molecule has 0 unspecified atom stereocenters. The molecule has 164 valence electrons. The summed E-state index contributed by atoms with van der Waals surface area (Å²) in [6.07, 6.45) is 0. The number of nitrogens with zero attached hydrogens (tertiary/aromatic N) is 2. The maximum atomic E-state index is 12.6. The number of urea groups is 1. The average molecular weight is 431 g/mol. The molecular formula is C25H26N4O3.